The van der Waals surface area contributed by atoms with Gasteiger partial charge in [0, 0.05) is 16.2 Å². The molecule has 0 aliphatic heterocycles. The molecule has 0 fully saturated rings. The lowest BCUT2D eigenvalue weighted by atomic mass is 9.97. The summed E-state index contributed by atoms with van der Waals surface area (Å²) in [5.41, 5.74) is 2.13. The van der Waals surface area contributed by atoms with Crippen molar-refractivity contribution >= 4 is 54.5 Å². The standard InChI is InChI=1S/C26H31Br2F9S2/c1-2-3-4-5-6-7-9-13-18-15-19(38-22(18)28)21-17(16-20(27)39-21)12-10-8-11-14-23(29,30)24(31,32)25(33,34)26(35,36)37/h15-16H,2-14H2,1H3. The van der Waals surface area contributed by atoms with E-state index in [2.05, 4.69) is 44.8 Å². The molecular weight excluding hydrogens is 707 g/mol. The summed E-state index contributed by atoms with van der Waals surface area (Å²) >= 11 is 10.2. The predicted molar refractivity (Wildman–Crippen MR) is 148 cm³/mol. The van der Waals surface area contributed by atoms with Crippen LogP contribution in [0.1, 0.15) is 88.7 Å². The van der Waals surface area contributed by atoms with Crippen molar-refractivity contribution in [1.82, 2.24) is 0 Å². The molecule has 2 rings (SSSR count). The summed E-state index contributed by atoms with van der Waals surface area (Å²) in [7, 11) is 0. The van der Waals surface area contributed by atoms with Crippen LogP contribution in [-0.2, 0) is 12.8 Å². The van der Waals surface area contributed by atoms with E-state index < -0.39 is 36.8 Å². The van der Waals surface area contributed by atoms with E-state index in [1.807, 2.05) is 6.07 Å². The first-order valence-electron chi connectivity index (χ1n) is 12.8. The number of rotatable bonds is 17. The van der Waals surface area contributed by atoms with Gasteiger partial charge in [0.1, 0.15) is 0 Å². The molecule has 0 amide bonds. The van der Waals surface area contributed by atoms with Crippen LogP contribution >= 0.6 is 54.5 Å². The Bertz CT molecular complexity index is 1030. The molecule has 0 aromatic carbocycles. The molecule has 2 aromatic rings. The van der Waals surface area contributed by atoms with E-state index in [1.54, 1.807) is 11.3 Å². The van der Waals surface area contributed by atoms with E-state index >= 15 is 0 Å². The molecule has 0 nitrogen and oxygen atoms in total. The van der Waals surface area contributed by atoms with E-state index in [9.17, 15) is 39.5 Å². The van der Waals surface area contributed by atoms with Crippen LogP contribution in [-0.4, -0.2) is 23.9 Å². The number of unbranched alkanes of at least 4 members (excludes halogenated alkanes) is 8. The van der Waals surface area contributed by atoms with E-state index in [1.165, 1.54) is 49.0 Å². The van der Waals surface area contributed by atoms with Crippen molar-refractivity contribution in [3.63, 3.8) is 0 Å². The van der Waals surface area contributed by atoms with Gasteiger partial charge in [-0.1, -0.05) is 51.9 Å². The third-order valence-corrected chi connectivity index (χ3v) is 10.3. The van der Waals surface area contributed by atoms with Gasteiger partial charge >= 0.3 is 23.9 Å². The zero-order valence-corrected chi connectivity index (χ0v) is 26.1. The molecule has 0 radical (unpaired) electrons. The maximum atomic E-state index is 13.7. The van der Waals surface area contributed by atoms with Crippen molar-refractivity contribution in [2.75, 3.05) is 0 Å². The molecule has 224 valence electrons. The number of thiophene rings is 2. The number of aryl methyl sites for hydroxylation is 2. The lowest BCUT2D eigenvalue weighted by Gasteiger charge is -2.33. The lowest BCUT2D eigenvalue weighted by molar-refractivity contribution is -0.396. The highest BCUT2D eigenvalue weighted by Gasteiger charge is 2.81. The van der Waals surface area contributed by atoms with Crippen LogP contribution in [0.4, 0.5) is 39.5 Å². The molecule has 0 spiro atoms. The Balaban J connectivity index is 1.91. The summed E-state index contributed by atoms with van der Waals surface area (Å²) in [6.45, 7) is 2.19. The predicted octanol–water partition coefficient (Wildman–Crippen LogP) is 12.9. The van der Waals surface area contributed by atoms with E-state index in [0.717, 1.165) is 42.2 Å². The highest BCUT2D eigenvalue weighted by molar-refractivity contribution is 9.11. The summed E-state index contributed by atoms with van der Waals surface area (Å²) in [5, 5.41) is 0. The average Bonchev–Trinajstić information content (AvgIpc) is 3.38. The van der Waals surface area contributed by atoms with Gasteiger partial charge in [-0.25, -0.2) is 0 Å². The summed E-state index contributed by atoms with van der Waals surface area (Å²) < 4.78 is 119. The van der Waals surface area contributed by atoms with Crippen molar-refractivity contribution in [2.45, 2.75) is 114 Å². The van der Waals surface area contributed by atoms with Crippen LogP contribution in [0.5, 0.6) is 0 Å². The topological polar surface area (TPSA) is 0 Å². The Kier molecular flexibility index (Phi) is 13.2. The normalized spacial score (nSPS) is 13.4. The molecule has 0 aliphatic rings. The fourth-order valence-electron chi connectivity index (χ4n) is 4.15. The average molecular weight is 738 g/mol. The van der Waals surface area contributed by atoms with Gasteiger partial charge in [-0.05, 0) is 87.2 Å². The van der Waals surface area contributed by atoms with Crippen LogP contribution < -0.4 is 0 Å². The summed E-state index contributed by atoms with van der Waals surface area (Å²) in [4.78, 5) is 2.02. The minimum Gasteiger partial charge on any atom is -0.200 e. The fraction of sp³-hybridized carbons (Fsp3) is 0.692. The molecule has 0 bridgehead atoms. The van der Waals surface area contributed by atoms with Gasteiger partial charge in [-0.2, -0.15) is 39.5 Å². The third-order valence-electron chi connectivity index (χ3n) is 6.46. The summed E-state index contributed by atoms with van der Waals surface area (Å²) in [6, 6.07) is 4.01. The maximum Gasteiger partial charge on any atom is 0.460 e. The first-order valence-corrected chi connectivity index (χ1v) is 16.0. The second-order valence-electron chi connectivity index (χ2n) is 9.60. The fourth-order valence-corrected chi connectivity index (χ4v) is 7.76. The Morgan fingerprint density at radius 2 is 1.18 bits per heavy atom. The van der Waals surface area contributed by atoms with Gasteiger partial charge in [0.25, 0.3) is 0 Å². The number of hydrogen-bond acceptors (Lipinski definition) is 2. The van der Waals surface area contributed by atoms with E-state index in [4.69, 9.17) is 0 Å². The maximum absolute atomic E-state index is 13.7. The highest BCUT2D eigenvalue weighted by Crippen LogP contribution is 2.54. The Labute approximate surface area is 248 Å². The van der Waals surface area contributed by atoms with Crippen molar-refractivity contribution in [3.8, 4) is 9.75 Å². The van der Waals surface area contributed by atoms with Crippen LogP contribution in [0.2, 0.25) is 0 Å². The second-order valence-corrected chi connectivity index (χ2v) is 14.4. The Morgan fingerprint density at radius 3 is 1.77 bits per heavy atom. The van der Waals surface area contributed by atoms with Crippen LogP contribution in [0, 0.1) is 0 Å². The number of halogens is 11. The van der Waals surface area contributed by atoms with Gasteiger partial charge in [0.05, 0.1) is 7.57 Å². The first kappa shape index (κ1) is 34.9. The smallest absolute Gasteiger partial charge is 0.200 e. The molecule has 0 unspecified atom stereocenters. The number of alkyl halides is 9. The monoisotopic (exact) mass is 736 g/mol. The van der Waals surface area contributed by atoms with E-state index in [-0.39, 0.29) is 12.8 Å². The largest absolute Gasteiger partial charge is 0.460 e. The molecular formula is C26H31Br2F9S2. The molecule has 2 aromatic heterocycles. The molecule has 2 heterocycles. The Morgan fingerprint density at radius 1 is 0.641 bits per heavy atom. The minimum atomic E-state index is -6.83. The van der Waals surface area contributed by atoms with Crippen molar-refractivity contribution in [2.24, 2.45) is 0 Å². The lowest BCUT2D eigenvalue weighted by Crippen LogP contribution is -2.60. The van der Waals surface area contributed by atoms with Gasteiger partial charge in [0.15, 0.2) is 0 Å². The molecule has 0 atom stereocenters. The second kappa shape index (κ2) is 14.8. The molecule has 0 saturated heterocycles. The SMILES string of the molecule is CCCCCCCCCc1cc(-c2sc(Br)cc2CCCCCC(F)(F)C(F)(F)C(F)(F)C(F)(F)F)sc1Br. The zero-order chi connectivity index (χ0) is 29.5. The minimum absolute atomic E-state index is 0.0339. The summed E-state index contributed by atoms with van der Waals surface area (Å²) in [5.74, 6) is -18.9. The first-order chi connectivity index (χ1) is 18.0. The molecule has 0 N–H and O–H groups in total. The van der Waals surface area contributed by atoms with Gasteiger partial charge in [-0.3, -0.25) is 0 Å². The zero-order valence-electron chi connectivity index (χ0n) is 21.3. The van der Waals surface area contributed by atoms with Crippen molar-refractivity contribution in [1.29, 1.82) is 0 Å². The van der Waals surface area contributed by atoms with Gasteiger partial charge in [-0.15, -0.1) is 22.7 Å². The summed E-state index contributed by atoms with van der Waals surface area (Å²) in [6.07, 6.45) is 0.885. The third kappa shape index (κ3) is 9.11. The molecule has 0 saturated carbocycles. The highest BCUT2D eigenvalue weighted by atomic mass is 79.9. The molecule has 0 aliphatic carbocycles. The van der Waals surface area contributed by atoms with Crippen LogP contribution in [0.15, 0.2) is 19.7 Å². The van der Waals surface area contributed by atoms with Gasteiger partial charge in [0.2, 0.25) is 0 Å². The van der Waals surface area contributed by atoms with Crippen molar-refractivity contribution < 1.29 is 39.5 Å². The van der Waals surface area contributed by atoms with E-state index in [0.29, 0.717) is 6.42 Å². The Hall–Kier alpha value is -0.270. The molecule has 13 heteroatoms. The molecule has 39 heavy (non-hydrogen) atoms. The van der Waals surface area contributed by atoms with Crippen LogP contribution in [0.3, 0.4) is 0 Å². The van der Waals surface area contributed by atoms with Gasteiger partial charge < -0.3 is 0 Å². The van der Waals surface area contributed by atoms with Crippen LogP contribution in [0.25, 0.3) is 9.75 Å². The quantitative estimate of drug-likeness (QED) is 0.112. The number of hydrogen-bond donors (Lipinski definition) is 0. The van der Waals surface area contributed by atoms with Crippen molar-refractivity contribution in [3.05, 3.63) is 30.8 Å².